The van der Waals surface area contributed by atoms with Crippen molar-refractivity contribution >= 4 is 11.6 Å². The summed E-state index contributed by atoms with van der Waals surface area (Å²) in [5.74, 6) is -1.71. The highest BCUT2D eigenvalue weighted by Crippen LogP contribution is 2.22. The molecule has 1 rings (SSSR count). The van der Waals surface area contributed by atoms with Crippen molar-refractivity contribution in [1.82, 2.24) is 5.32 Å². The molecule has 0 fully saturated rings. The predicted octanol–water partition coefficient (Wildman–Crippen LogP) is 2.23. The zero-order valence-corrected chi connectivity index (χ0v) is 11.9. The first-order chi connectivity index (χ1) is 9.47. The van der Waals surface area contributed by atoms with E-state index < -0.39 is 17.7 Å². The van der Waals surface area contributed by atoms with Gasteiger partial charge in [0.25, 0.3) is 0 Å². The van der Waals surface area contributed by atoms with Crippen LogP contribution < -0.4 is 10.6 Å². The average Bonchev–Trinajstić information content (AvgIpc) is 2.43. The number of halogens is 2. The van der Waals surface area contributed by atoms with E-state index in [4.69, 9.17) is 4.74 Å². The molecule has 0 heterocycles. The molecular weight excluding hydrogens is 266 g/mol. The SMILES string of the molecule is COCCCNC(=O)C(C)Nc1c(F)ccc(C)c1F. The predicted molar refractivity (Wildman–Crippen MR) is 73.7 cm³/mol. The van der Waals surface area contributed by atoms with Gasteiger partial charge in [0.05, 0.1) is 0 Å². The first-order valence-corrected chi connectivity index (χ1v) is 6.45. The van der Waals surface area contributed by atoms with Gasteiger partial charge in [0.1, 0.15) is 17.5 Å². The number of methoxy groups -OCH3 is 1. The summed E-state index contributed by atoms with van der Waals surface area (Å²) in [6, 6.07) is 1.79. The molecule has 0 spiro atoms. The van der Waals surface area contributed by atoms with Gasteiger partial charge in [0, 0.05) is 20.3 Å². The van der Waals surface area contributed by atoms with Crippen molar-refractivity contribution in [2.45, 2.75) is 26.3 Å². The molecule has 1 amide bonds. The van der Waals surface area contributed by atoms with E-state index in [2.05, 4.69) is 10.6 Å². The van der Waals surface area contributed by atoms with Crippen LogP contribution in [0.15, 0.2) is 12.1 Å². The molecule has 1 aromatic rings. The van der Waals surface area contributed by atoms with Gasteiger partial charge in [-0.2, -0.15) is 0 Å². The van der Waals surface area contributed by atoms with Gasteiger partial charge in [-0.25, -0.2) is 8.78 Å². The van der Waals surface area contributed by atoms with E-state index in [1.807, 2.05) is 0 Å². The number of carbonyl (C=O) groups is 1. The zero-order chi connectivity index (χ0) is 15.1. The van der Waals surface area contributed by atoms with E-state index in [0.29, 0.717) is 25.1 Å². The third kappa shape index (κ3) is 4.45. The van der Waals surface area contributed by atoms with E-state index >= 15 is 0 Å². The van der Waals surface area contributed by atoms with Gasteiger partial charge in [0.15, 0.2) is 5.82 Å². The summed E-state index contributed by atoms with van der Waals surface area (Å²) in [6.07, 6.45) is 0.683. The van der Waals surface area contributed by atoms with Crippen molar-refractivity contribution in [2.24, 2.45) is 0 Å². The van der Waals surface area contributed by atoms with E-state index in [1.165, 1.54) is 19.1 Å². The second-order valence-corrected chi connectivity index (χ2v) is 4.56. The number of hydrogen-bond acceptors (Lipinski definition) is 3. The Bertz CT molecular complexity index is 467. The minimum absolute atomic E-state index is 0.274. The van der Waals surface area contributed by atoms with Crippen LogP contribution in [0.25, 0.3) is 0 Å². The van der Waals surface area contributed by atoms with Crippen LogP contribution in [0.1, 0.15) is 18.9 Å². The summed E-state index contributed by atoms with van der Waals surface area (Å²) >= 11 is 0. The lowest BCUT2D eigenvalue weighted by Gasteiger charge is -2.17. The lowest BCUT2D eigenvalue weighted by molar-refractivity contribution is -0.121. The highest BCUT2D eigenvalue weighted by Gasteiger charge is 2.17. The van der Waals surface area contributed by atoms with Crippen LogP contribution in [0.5, 0.6) is 0 Å². The normalized spacial score (nSPS) is 12.1. The minimum atomic E-state index is -0.733. The number of amides is 1. The van der Waals surface area contributed by atoms with Gasteiger partial charge >= 0.3 is 0 Å². The van der Waals surface area contributed by atoms with Crippen molar-refractivity contribution in [1.29, 1.82) is 0 Å². The summed E-state index contributed by atoms with van der Waals surface area (Å²) in [4.78, 5) is 11.8. The zero-order valence-electron chi connectivity index (χ0n) is 11.9. The molecule has 20 heavy (non-hydrogen) atoms. The highest BCUT2D eigenvalue weighted by molar-refractivity contribution is 5.84. The summed E-state index contributed by atoms with van der Waals surface area (Å²) in [6.45, 7) is 4.09. The second-order valence-electron chi connectivity index (χ2n) is 4.56. The van der Waals surface area contributed by atoms with Gasteiger partial charge in [-0.3, -0.25) is 4.79 Å². The van der Waals surface area contributed by atoms with Crippen LogP contribution in [0.3, 0.4) is 0 Å². The van der Waals surface area contributed by atoms with Crippen LogP contribution in [-0.4, -0.2) is 32.2 Å². The molecule has 1 atom stereocenters. The number of benzene rings is 1. The monoisotopic (exact) mass is 286 g/mol. The number of anilines is 1. The summed E-state index contributed by atoms with van der Waals surface area (Å²) in [5, 5.41) is 5.23. The Morgan fingerprint density at radius 1 is 1.40 bits per heavy atom. The van der Waals surface area contributed by atoms with Gasteiger partial charge in [-0.05, 0) is 31.9 Å². The number of rotatable bonds is 7. The Morgan fingerprint density at radius 2 is 2.10 bits per heavy atom. The molecule has 0 aromatic heterocycles. The molecule has 112 valence electrons. The second kappa shape index (κ2) is 7.79. The molecule has 0 aliphatic rings. The molecule has 1 aromatic carbocycles. The van der Waals surface area contributed by atoms with Crippen LogP contribution in [0.2, 0.25) is 0 Å². The maximum Gasteiger partial charge on any atom is 0.242 e. The molecule has 0 saturated heterocycles. The maximum absolute atomic E-state index is 13.8. The number of carbonyl (C=O) groups excluding carboxylic acids is 1. The molecule has 6 heteroatoms. The van der Waals surface area contributed by atoms with Gasteiger partial charge in [0.2, 0.25) is 5.91 Å². The Hall–Kier alpha value is -1.69. The fourth-order valence-electron chi connectivity index (χ4n) is 1.65. The van der Waals surface area contributed by atoms with Crippen molar-refractivity contribution in [3.05, 3.63) is 29.3 Å². The molecule has 0 aliphatic carbocycles. The molecule has 0 radical (unpaired) electrons. The largest absolute Gasteiger partial charge is 0.385 e. The maximum atomic E-state index is 13.8. The highest BCUT2D eigenvalue weighted by atomic mass is 19.1. The minimum Gasteiger partial charge on any atom is -0.385 e. The van der Waals surface area contributed by atoms with E-state index in [-0.39, 0.29) is 11.6 Å². The topological polar surface area (TPSA) is 50.4 Å². The molecular formula is C14H20F2N2O2. The lowest BCUT2D eigenvalue weighted by atomic mass is 10.1. The fraction of sp³-hybridized carbons (Fsp3) is 0.500. The quantitative estimate of drug-likeness (QED) is 0.756. The molecule has 0 saturated carbocycles. The van der Waals surface area contributed by atoms with E-state index in [9.17, 15) is 13.6 Å². The first kappa shape index (κ1) is 16.4. The third-order valence-electron chi connectivity index (χ3n) is 2.86. The van der Waals surface area contributed by atoms with Crippen LogP contribution in [0.4, 0.5) is 14.5 Å². The molecule has 4 nitrogen and oxygen atoms in total. The van der Waals surface area contributed by atoms with Gasteiger partial charge < -0.3 is 15.4 Å². The Morgan fingerprint density at radius 3 is 2.75 bits per heavy atom. The Kier molecular flexibility index (Phi) is 6.38. The van der Waals surface area contributed by atoms with Crippen molar-refractivity contribution in [2.75, 3.05) is 25.6 Å². The third-order valence-corrected chi connectivity index (χ3v) is 2.86. The van der Waals surface area contributed by atoms with Crippen molar-refractivity contribution in [3.8, 4) is 0 Å². The summed E-state index contributed by atoms with van der Waals surface area (Å²) in [5.41, 5.74) is 0.0474. The van der Waals surface area contributed by atoms with Crippen LogP contribution >= 0.6 is 0 Å². The van der Waals surface area contributed by atoms with Crippen molar-refractivity contribution in [3.63, 3.8) is 0 Å². The van der Waals surface area contributed by atoms with Gasteiger partial charge in [-0.15, -0.1) is 0 Å². The number of nitrogens with one attached hydrogen (secondary N) is 2. The van der Waals surface area contributed by atoms with E-state index in [0.717, 1.165) is 0 Å². The molecule has 0 aliphatic heterocycles. The Balaban J connectivity index is 2.60. The smallest absolute Gasteiger partial charge is 0.242 e. The summed E-state index contributed by atoms with van der Waals surface area (Å²) < 4.78 is 32.2. The Labute approximate surface area is 117 Å². The fourth-order valence-corrected chi connectivity index (χ4v) is 1.65. The number of ether oxygens (including phenoxy) is 1. The first-order valence-electron chi connectivity index (χ1n) is 6.45. The average molecular weight is 286 g/mol. The van der Waals surface area contributed by atoms with Crippen LogP contribution in [-0.2, 0) is 9.53 Å². The van der Waals surface area contributed by atoms with Crippen LogP contribution in [0, 0.1) is 18.6 Å². The number of aryl methyl sites for hydroxylation is 1. The molecule has 1 unspecified atom stereocenters. The number of hydrogen-bond donors (Lipinski definition) is 2. The standard InChI is InChI=1S/C14H20F2N2O2/c1-9-5-6-11(15)13(12(9)16)18-10(2)14(19)17-7-4-8-20-3/h5-6,10,18H,4,7-8H2,1-3H3,(H,17,19). The van der Waals surface area contributed by atoms with Gasteiger partial charge in [-0.1, -0.05) is 6.07 Å². The molecule has 2 N–H and O–H groups in total. The van der Waals surface area contributed by atoms with E-state index in [1.54, 1.807) is 14.0 Å². The van der Waals surface area contributed by atoms with Crippen molar-refractivity contribution < 1.29 is 18.3 Å². The molecule has 0 bridgehead atoms. The summed E-state index contributed by atoms with van der Waals surface area (Å²) in [7, 11) is 1.58. The lowest BCUT2D eigenvalue weighted by Crippen LogP contribution is -2.38.